The lowest BCUT2D eigenvalue weighted by Gasteiger charge is -2.17. The lowest BCUT2D eigenvalue weighted by molar-refractivity contribution is -0.122. The lowest BCUT2D eigenvalue weighted by atomic mass is 10.1. The van der Waals surface area contributed by atoms with Gasteiger partial charge in [-0.2, -0.15) is 0 Å². The van der Waals surface area contributed by atoms with E-state index < -0.39 is 7.82 Å². The average molecular weight is 434 g/mol. The molecule has 1 atom stereocenters. The van der Waals surface area contributed by atoms with Gasteiger partial charge in [0.25, 0.3) is 0 Å². The minimum atomic E-state index is -4.49. The molecule has 0 aliphatic rings. The normalized spacial score (nSPS) is 13.1. The average Bonchev–Trinajstić information content (AvgIpc) is 2.67. The van der Waals surface area contributed by atoms with Gasteiger partial charge in [0, 0.05) is 6.42 Å². The van der Waals surface area contributed by atoms with Gasteiger partial charge in [-0.1, -0.05) is 77.4 Å². The van der Waals surface area contributed by atoms with Crippen LogP contribution in [0, 0.1) is 0 Å². The van der Waals surface area contributed by atoms with Crippen LogP contribution in [-0.2, 0) is 13.9 Å². The number of carbonyl (C=O) groups is 1. The van der Waals surface area contributed by atoms with E-state index in [0.29, 0.717) is 12.8 Å². The third-order valence-corrected chi connectivity index (χ3v) is 5.45. The van der Waals surface area contributed by atoms with Crippen molar-refractivity contribution >= 4 is 13.7 Å². The summed E-state index contributed by atoms with van der Waals surface area (Å²) in [6, 6.07) is -0.363. The van der Waals surface area contributed by atoms with Crippen molar-refractivity contribution < 1.29 is 23.7 Å². The van der Waals surface area contributed by atoms with E-state index in [1.54, 1.807) is 0 Å². The second kappa shape index (κ2) is 19.3. The van der Waals surface area contributed by atoms with Crippen molar-refractivity contribution in [3.05, 3.63) is 12.2 Å². The van der Waals surface area contributed by atoms with E-state index in [1.807, 2.05) is 6.92 Å². The van der Waals surface area contributed by atoms with E-state index in [4.69, 9.17) is 9.79 Å². The van der Waals surface area contributed by atoms with Crippen molar-refractivity contribution in [2.45, 2.75) is 116 Å². The fraction of sp³-hybridized carbons (Fsp3) is 0.864. The monoisotopic (exact) mass is 433 g/mol. The van der Waals surface area contributed by atoms with Gasteiger partial charge in [-0.15, -0.1) is 0 Å². The van der Waals surface area contributed by atoms with Crippen LogP contribution in [0.5, 0.6) is 0 Å². The Bertz CT molecular complexity index is 464. The number of hydrogen-bond donors (Lipinski definition) is 3. The van der Waals surface area contributed by atoms with Crippen LogP contribution in [0.4, 0.5) is 0 Å². The van der Waals surface area contributed by atoms with Crippen molar-refractivity contribution in [3.8, 4) is 0 Å². The largest absolute Gasteiger partial charge is 0.469 e. The van der Waals surface area contributed by atoms with Gasteiger partial charge in [0.05, 0.1) is 12.6 Å². The first-order chi connectivity index (χ1) is 13.9. The molecule has 1 amide bonds. The minimum absolute atomic E-state index is 0.0798. The molecule has 29 heavy (non-hydrogen) atoms. The van der Waals surface area contributed by atoms with Gasteiger partial charge in [0.1, 0.15) is 0 Å². The second-order valence-electron chi connectivity index (χ2n) is 7.79. The summed E-state index contributed by atoms with van der Waals surface area (Å²) in [5.74, 6) is -0.0798. The molecular weight excluding hydrogens is 389 g/mol. The Morgan fingerprint density at radius 2 is 1.41 bits per heavy atom. The van der Waals surface area contributed by atoms with Gasteiger partial charge in [0.15, 0.2) is 0 Å². The van der Waals surface area contributed by atoms with Crippen molar-refractivity contribution in [2.75, 3.05) is 6.61 Å². The lowest BCUT2D eigenvalue weighted by Crippen LogP contribution is -2.37. The molecule has 0 bridgehead atoms. The Labute approximate surface area is 178 Å². The van der Waals surface area contributed by atoms with Crippen LogP contribution in [0.3, 0.4) is 0 Å². The molecule has 0 unspecified atom stereocenters. The standard InChI is InChI=1S/C22H44NO5P/c1-3-5-6-7-8-9-10-11-12-13-14-15-16-17-18-19-22(24)23-21(4-2)20-28-29(25,26)27/h11-12,21H,3-10,13-20H2,1-2H3,(H,23,24)(H2,25,26,27)/b12-11-/t21-/m0/s1. The first kappa shape index (κ1) is 28.3. The van der Waals surface area contributed by atoms with Crippen molar-refractivity contribution in [3.63, 3.8) is 0 Å². The summed E-state index contributed by atoms with van der Waals surface area (Å²) in [6.45, 7) is 3.92. The molecule has 6 nitrogen and oxygen atoms in total. The summed E-state index contributed by atoms with van der Waals surface area (Å²) < 4.78 is 15.2. The molecule has 0 heterocycles. The van der Waals surface area contributed by atoms with E-state index in [1.165, 1.54) is 57.8 Å². The van der Waals surface area contributed by atoms with Crippen LogP contribution in [-0.4, -0.2) is 28.3 Å². The van der Waals surface area contributed by atoms with E-state index in [2.05, 4.69) is 28.9 Å². The zero-order valence-electron chi connectivity index (χ0n) is 18.6. The molecule has 0 spiro atoms. The molecule has 0 aromatic heterocycles. The number of hydrogen-bond acceptors (Lipinski definition) is 3. The Balaban J connectivity index is 3.49. The summed E-state index contributed by atoms with van der Waals surface area (Å²) in [6.07, 6.45) is 21.5. The summed E-state index contributed by atoms with van der Waals surface area (Å²) in [5, 5.41) is 2.77. The number of amides is 1. The summed E-state index contributed by atoms with van der Waals surface area (Å²) in [5.41, 5.74) is 0. The zero-order valence-corrected chi connectivity index (χ0v) is 19.5. The van der Waals surface area contributed by atoms with E-state index in [9.17, 15) is 9.36 Å². The van der Waals surface area contributed by atoms with Gasteiger partial charge < -0.3 is 15.1 Å². The SMILES string of the molecule is CCCCCCCC/C=C\CCCCCCCC(=O)N[C@@H](CC)COP(=O)(O)O. The minimum Gasteiger partial charge on any atom is -0.351 e. The van der Waals surface area contributed by atoms with Crippen molar-refractivity contribution in [2.24, 2.45) is 0 Å². The van der Waals surface area contributed by atoms with E-state index in [0.717, 1.165) is 25.7 Å². The molecular formula is C22H44NO5P. The molecule has 0 aromatic carbocycles. The molecule has 0 aliphatic carbocycles. The predicted octanol–water partition coefficient (Wildman–Crippen LogP) is 6.03. The quantitative estimate of drug-likeness (QED) is 0.124. The fourth-order valence-corrected chi connectivity index (χ4v) is 3.48. The van der Waals surface area contributed by atoms with Crippen LogP contribution < -0.4 is 5.32 Å². The maximum Gasteiger partial charge on any atom is 0.469 e. The van der Waals surface area contributed by atoms with Gasteiger partial charge >= 0.3 is 7.82 Å². The highest BCUT2D eigenvalue weighted by atomic mass is 31.2. The maximum absolute atomic E-state index is 11.9. The second-order valence-corrected chi connectivity index (χ2v) is 9.03. The van der Waals surface area contributed by atoms with Gasteiger partial charge in [-0.3, -0.25) is 9.32 Å². The van der Waals surface area contributed by atoms with Crippen molar-refractivity contribution in [1.82, 2.24) is 5.32 Å². The number of phosphoric ester groups is 1. The number of rotatable bonds is 20. The molecule has 0 saturated carbocycles. The molecule has 0 aliphatic heterocycles. The molecule has 0 rings (SSSR count). The third-order valence-electron chi connectivity index (χ3n) is 4.97. The molecule has 172 valence electrons. The van der Waals surface area contributed by atoms with Crippen LogP contribution >= 0.6 is 7.82 Å². The van der Waals surface area contributed by atoms with Crippen molar-refractivity contribution in [1.29, 1.82) is 0 Å². The molecule has 3 N–H and O–H groups in total. The zero-order chi connectivity index (χ0) is 21.8. The van der Waals surface area contributed by atoms with Gasteiger partial charge in [-0.05, 0) is 38.5 Å². The molecule has 0 radical (unpaired) electrons. The van der Waals surface area contributed by atoms with Gasteiger partial charge in [0.2, 0.25) is 5.91 Å². The number of phosphoric acid groups is 1. The van der Waals surface area contributed by atoms with Crippen LogP contribution in [0.1, 0.15) is 110 Å². The third kappa shape index (κ3) is 21.8. The number of allylic oxidation sites excluding steroid dienone is 2. The number of unbranched alkanes of at least 4 members (excludes halogenated alkanes) is 11. The smallest absolute Gasteiger partial charge is 0.351 e. The number of carbonyl (C=O) groups excluding carboxylic acids is 1. The first-order valence-electron chi connectivity index (χ1n) is 11.5. The van der Waals surface area contributed by atoms with E-state index >= 15 is 0 Å². The first-order valence-corrected chi connectivity index (χ1v) is 13.1. The van der Waals surface area contributed by atoms with Gasteiger partial charge in [-0.25, -0.2) is 4.57 Å². The Hall–Kier alpha value is -0.680. The predicted molar refractivity (Wildman–Crippen MR) is 120 cm³/mol. The maximum atomic E-state index is 11.9. The van der Waals surface area contributed by atoms with Crippen LogP contribution in [0.15, 0.2) is 12.2 Å². The summed E-state index contributed by atoms with van der Waals surface area (Å²) >= 11 is 0. The molecule has 7 heteroatoms. The molecule has 0 aromatic rings. The Morgan fingerprint density at radius 1 is 0.897 bits per heavy atom. The highest BCUT2D eigenvalue weighted by molar-refractivity contribution is 7.46. The number of nitrogens with one attached hydrogen (secondary N) is 1. The van der Waals surface area contributed by atoms with Crippen LogP contribution in [0.25, 0.3) is 0 Å². The van der Waals surface area contributed by atoms with E-state index in [-0.39, 0.29) is 18.6 Å². The molecule has 0 fully saturated rings. The topological polar surface area (TPSA) is 95.9 Å². The summed E-state index contributed by atoms with van der Waals surface area (Å²) in [7, 11) is -4.49. The highest BCUT2D eigenvalue weighted by Crippen LogP contribution is 2.35. The Kier molecular flexibility index (Phi) is 18.8. The summed E-state index contributed by atoms with van der Waals surface area (Å²) in [4.78, 5) is 29.3. The van der Waals surface area contributed by atoms with Crippen LogP contribution in [0.2, 0.25) is 0 Å². The molecule has 0 saturated heterocycles. The Morgan fingerprint density at radius 3 is 1.93 bits per heavy atom. The highest BCUT2D eigenvalue weighted by Gasteiger charge is 2.18. The fourth-order valence-electron chi connectivity index (χ4n) is 3.10.